The number of para-hydroxylation sites is 1. The molecule has 1 aromatic heterocycles. The maximum atomic E-state index is 12.1. The number of carbonyl (C=O) groups excluding carboxylic acids is 2. The van der Waals surface area contributed by atoms with Crippen LogP contribution in [0.2, 0.25) is 0 Å². The minimum atomic E-state index is -0.954. The standard InChI is InChI=1S/C18H14BrNO4/c1-11(17(21)20-14-7-4-6-13(19)10-14)23-18(22)16-9-12-5-2-3-8-15(12)24-16/h2-11H,1H3,(H,20,21)/t11-/m0/s1. The van der Waals surface area contributed by atoms with Crippen LogP contribution in [0.15, 0.2) is 63.5 Å². The Balaban J connectivity index is 1.65. The van der Waals surface area contributed by atoms with Crippen molar-refractivity contribution in [2.24, 2.45) is 0 Å². The van der Waals surface area contributed by atoms with E-state index in [9.17, 15) is 9.59 Å². The van der Waals surface area contributed by atoms with Crippen molar-refractivity contribution in [3.05, 3.63) is 64.8 Å². The van der Waals surface area contributed by atoms with Gasteiger partial charge in [0.25, 0.3) is 5.91 Å². The SMILES string of the molecule is C[C@H](OC(=O)c1cc2ccccc2o1)C(=O)Nc1cccc(Br)c1. The molecule has 0 saturated carbocycles. The van der Waals surface area contributed by atoms with Crippen molar-refractivity contribution in [3.8, 4) is 0 Å². The van der Waals surface area contributed by atoms with Gasteiger partial charge < -0.3 is 14.5 Å². The Bertz CT molecular complexity index is 870. The molecule has 1 amide bonds. The smallest absolute Gasteiger partial charge is 0.375 e. The number of nitrogens with one attached hydrogen (secondary N) is 1. The first-order chi connectivity index (χ1) is 11.5. The molecule has 1 heterocycles. The molecule has 1 N–H and O–H groups in total. The second kappa shape index (κ2) is 6.88. The number of ether oxygens (including phenoxy) is 1. The van der Waals surface area contributed by atoms with Gasteiger partial charge in [-0.3, -0.25) is 4.79 Å². The Labute approximate surface area is 146 Å². The number of rotatable bonds is 4. The van der Waals surface area contributed by atoms with Crippen molar-refractivity contribution in [1.29, 1.82) is 0 Å². The summed E-state index contributed by atoms with van der Waals surface area (Å²) < 4.78 is 11.4. The lowest BCUT2D eigenvalue weighted by molar-refractivity contribution is -0.123. The third-order valence-corrected chi connectivity index (χ3v) is 3.87. The number of furan rings is 1. The van der Waals surface area contributed by atoms with Crippen LogP contribution in [0.1, 0.15) is 17.5 Å². The molecule has 1 atom stereocenters. The number of fused-ring (bicyclic) bond motifs is 1. The van der Waals surface area contributed by atoms with E-state index in [0.29, 0.717) is 11.3 Å². The second-order valence-corrected chi connectivity index (χ2v) is 6.11. The number of halogens is 1. The predicted octanol–water partition coefficient (Wildman–Crippen LogP) is 4.38. The van der Waals surface area contributed by atoms with E-state index in [0.717, 1.165) is 9.86 Å². The highest BCUT2D eigenvalue weighted by Crippen LogP contribution is 2.20. The highest BCUT2D eigenvalue weighted by atomic mass is 79.9. The number of anilines is 1. The molecule has 0 bridgehead atoms. The van der Waals surface area contributed by atoms with Crippen molar-refractivity contribution in [2.45, 2.75) is 13.0 Å². The first-order valence-electron chi connectivity index (χ1n) is 7.29. The molecule has 0 unspecified atom stereocenters. The van der Waals surface area contributed by atoms with E-state index in [1.165, 1.54) is 6.92 Å². The average Bonchev–Trinajstić information content (AvgIpc) is 2.99. The Morgan fingerprint density at radius 3 is 2.67 bits per heavy atom. The van der Waals surface area contributed by atoms with Crippen molar-refractivity contribution in [1.82, 2.24) is 0 Å². The van der Waals surface area contributed by atoms with Crippen LogP contribution in [0.3, 0.4) is 0 Å². The van der Waals surface area contributed by atoms with E-state index < -0.39 is 18.0 Å². The van der Waals surface area contributed by atoms with Crippen molar-refractivity contribution >= 4 is 44.5 Å². The Kier molecular flexibility index (Phi) is 4.66. The summed E-state index contributed by atoms with van der Waals surface area (Å²) in [6.45, 7) is 1.51. The van der Waals surface area contributed by atoms with Crippen LogP contribution >= 0.6 is 15.9 Å². The number of hydrogen-bond acceptors (Lipinski definition) is 4. The molecule has 0 spiro atoms. The Morgan fingerprint density at radius 1 is 1.12 bits per heavy atom. The number of esters is 1. The summed E-state index contributed by atoms with van der Waals surface area (Å²) >= 11 is 3.33. The van der Waals surface area contributed by atoms with E-state index in [1.54, 1.807) is 30.3 Å². The number of carbonyl (C=O) groups is 2. The number of amides is 1. The zero-order valence-corrected chi connectivity index (χ0v) is 14.4. The van der Waals surface area contributed by atoms with Gasteiger partial charge in [-0.1, -0.05) is 40.2 Å². The van der Waals surface area contributed by atoms with Crippen molar-refractivity contribution < 1.29 is 18.7 Å². The fourth-order valence-electron chi connectivity index (χ4n) is 2.16. The number of hydrogen-bond donors (Lipinski definition) is 1. The molecule has 122 valence electrons. The van der Waals surface area contributed by atoms with Gasteiger partial charge in [-0.25, -0.2) is 4.79 Å². The highest BCUT2D eigenvalue weighted by Gasteiger charge is 2.21. The van der Waals surface area contributed by atoms with Crippen LogP contribution in [0.5, 0.6) is 0 Å². The Hall–Kier alpha value is -2.60. The average molecular weight is 388 g/mol. The van der Waals surface area contributed by atoms with Gasteiger partial charge in [0.2, 0.25) is 5.76 Å². The summed E-state index contributed by atoms with van der Waals surface area (Å²) in [4.78, 5) is 24.3. The maximum absolute atomic E-state index is 12.1. The van der Waals surface area contributed by atoms with E-state index in [4.69, 9.17) is 9.15 Å². The van der Waals surface area contributed by atoms with Crippen LogP contribution < -0.4 is 5.32 Å². The first kappa shape index (κ1) is 16.3. The van der Waals surface area contributed by atoms with Gasteiger partial charge in [-0.15, -0.1) is 0 Å². The molecule has 6 heteroatoms. The second-order valence-electron chi connectivity index (χ2n) is 5.20. The minimum Gasteiger partial charge on any atom is -0.449 e. The zero-order valence-electron chi connectivity index (χ0n) is 12.8. The molecule has 3 aromatic rings. The van der Waals surface area contributed by atoms with Crippen molar-refractivity contribution in [3.63, 3.8) is 0 Å². The van der Waals surface area contributed by atoms with E-state index in [2.05, 4.69) is 21.2 Å². The lowest BCUT2D eigenvalue weighted by Gasteiger charge is -2.12. The van der Waals surface area contributed by atoms with E-state index in [-0.39, 0.29) is 5.76 Å². The van der Waals surface area contributed by atoms with Gasteiger partial charge in [-0.05, 0) is 37.3 Å². The van der Waals surface area contributed by atoms with Crippen LogP contribution in [0, 0.1) is 0 Å². The molecule has 3 rings (SSSR count). The molecular formula is C18H14BrNO4. The summed E-state index contributed by atoms with van der Waals surface area (Å²) in [6.07, 6.45) is -0.954. The lowest BCUT2D eigenvalue weighted by atomic mass is 10.2. The third kappa shape index (κ3) is 3.65. The molecule has 0 aliphatic heterocycles. The molecular weight excluding hydrogens is 374 g/mol. The zero-order chi connectivity index (χ0) is 17.1. The van der Waals surface area contributed by atoms with Gasteiger partial charge in [0.1, 0.15) is 5.58 Å². The van der Waals surface area contributed by atoms with Gasteiger partial charge in [0.15, 0.2) is 6.10 Å². The summed E-state index contributed by atoms with van der Waals surface area (Å²) in [5.74, 6) is -1.03. The summed E-state index contributed by atoms with van der Waals surface area (Å²) in [6, 6.07) is 16.0. The minimum absolute atomic E-state index is 0.0679. The highest BCUT2D eigenvalue weighted by molar-refractivity contribution is 9.10. The monoisotopic (exact) mass is 387 g/mol. The first-order valence-corrected chi connectivity index (χ1v) is 8.08. The van der Waals surface area contributed by atoms with Crippen LogP contribution in [0.25, 0.3) is 11.0 Å². The van der Waals surface area contributed by atoms with Gasteiger partial charge >= 0.3 is 5.97 Å². The van der Waals surface area contributed by atoms with E-state index >= 15 is 0 Å². The molecule has 0 aliphatic carbocycles. The molecule has 0 saturated heterocycles. The van der Waals surface area contributed by atoms with E-state index in [1.807, 2.05) is 24.3 Å². The molecule has 2 aromatic carbocycles. The molecule has 0 fully saturated rings. The summed E-state index contributed by atoms with van der Waals surface area (Å²) in [7, 11) is 0. The van der Waals surface area contributed by atoms with Crippen molar-refractivity contribution in [2.75, 3.05) is 5.32 Å². The van der Waals surface area contributed by atoms with Crippen LogP contribution in [-0.4, -0.2) is 18.0 Å². The summed E-state index contributed by atoms with van der Waals surface area (Å²) in [5.41, 5.74) is 1.21. The van der Waals surface area contributed by atoms with Gasteiger partial charge in [-0.2, -0.15) is 0 Å². The summed E-state index contributed by atoms with van der Waals surface area (Å²) in [5, 5.41) is 3.49. The quantitative estimate of drug-likeness (QED) is 0.674. The maximum Gasteiger partial charge on any atom is 0.375 e. The fourth-order valence-corrected chi connectivity index (χ4v) is 2.56. The Morgan fingerprint density at radius 2 is 1.92 bits per heavy atom. The lowest BCUT2D eigenvalue weighted by Crippen LogP contribution is -2.29. The largest absolute Gasteiger partial charge is 0.449 e. The van der Waals surface area contributed by atoms with Gasteiger partial charge in [0.05, 0.1) is 0 Å². The fraction of sp³-hybridized carbons (Fsp3) is 0.111. The van der Waals surface area contributed by atoms with Crippen LogP contribution in [-0.2, 0) is 9.53 Å². The normalized spacial score (nSPS) is 11.9. The third-order valence-electron chi connectivity index (χ3n) is 3.37. The van der Waals surface area contributed by atoms with Crippen LogP contribution in [0.4, 0.5) is 5.69 Å². The predicted molar refractivity (Wildman–Crippen MR) is 93.9 cm³/mol. The molecule has 0 radical (unpaired) electrons. The number of benzene rings is 2. The molecule has 5 nitrogen and oxygen atoms in total. The molecule has 0 aliphatic rings. The topological polar surface area (TPSA) is 68.5 Å². The van der Waals surface area contributed by atoms with Gasteiger partial charge in [0, 0.05) is 15.5 Å². The molecule has 24 heavy (non-hydrogen) atoms.